The van der Waals surface area contributed by atoms with Crippen molar-refractivity contribution in [3.8, 4) is 0 Å². The van der Waals surface area contributed by atoms with Crippen LogP contribution in [0.1, 0.15) is 34.6 Å². The molecule has 0 radical (unpaired) electrons. The van der Waals surface area contributed by atoms with Gasteiger partial charge in [0, 0.05) is 11.8 Å². The molecule has 1 heterocycles. The summed E-state index contributed by atoms with van der Waals surface area (Å²) in [4.78, 5) is 0. The Morgan fingerprint density at radius 1 is 1.08 bits per heavy atom. The van der Waals surface area contributed by atoms with E-state index in [1.54, 1.807) is 0 Å². The quantitative estimate of drug-likeness (QED) is 0.550. The zero-order valence-corrected chi connectivity index (χ0v) is 10.2. The van der Waals surface area contributed by atoms with Crippen LogP contribution in [0.5, 0.6) is 0 Å². The summed E-state index contributed by atoms with van der Waals surface area (Å²) >= 11 is 0. The lowest BCUT2D eigenvalue weighted by molar-refractivity contribution is -0.943. The molecule has 1 fully saturated rings. The van der Waals surface area contributed by atoms with Crippen LogP contribution < -0.4 is 0 Å². The molecule has 1 heteroatoms. The predicted molar refractivity (Wildman–Crippen MR) is 58.5 cm³/mol. The predicted octanol–water partition coefficient (Wildman–Crippen LogP) is 2.76. The molecule has 78 valence electrons. The first-order valence-corrected chi connectivity index (χ1v) is 5.76. The summed E-state index contributed by atoms with van der Waals surface area (Å²) < 4.78 is 1.27. The third-order valence-electron chi connectivity index (χ3n) is 4.90. The SMILES string of the molecule is CC[N+]1(C)CC(C)C(C)C(C)C1C. The lowest BCUT2D eigenvalue weighted by Crippen LogP contribution is -2.61. The number of hydrogen-bond acceptors (Lipinski definition) is 0. The van der Waals surface area contributed by atoms with Crippen molar-refractivity contribution in [2.24, 2.45) is 17.8 Å². The number of rotatable bonds is 1. The van der Waals surface area contributed by atoms with Crippen LogP contribution in [-0.4, -0.2) is 30.7 Å². The summed E-state index contributed by atoms with van der Waals surface area (Å²) in [6.45, 7) is 14.7. The topological polar surface area (TPSA) is 0 Å². The van der Waals surface area contributed by atoms with Crippen molar-refractivity contribution in [1.82, 2.24) is 0 Å². The summed E-state index contributed by atoms with van der Waals surface area (Å²) in [6, 6.07) is 0.830. The van der Waals surface area contributed by atoms with Crippen LogP contribution >= 0.6 is 0 Å². The monoisotopic (exact) mass is 184 g/mol. The van der Waals surface area contributed by atoms with Crippen LogP contribution in [0.25, 0.3) is 0 Å². The molecular weight excluding hydrogens is 158 g/mol. The Morgan fingerprint density at radius 3 is 2.08 bits per heavy atom. The summed E-state index contributed by atoms with van der Waals surface area (Å²) in [5.74, 6) is 2.65. The molecule has 1 nitrogen and oxygen atoms in total. The first-order chi connectivity index (χ1) is 5.92. The molecule has 5 atom stereocenters. The average Bonchev–Trinajstić information content (AvgIpc) is 2.12. The molecule has 0 N–H and O–H groups in total. The van der Waals surface area contributed by atoms with Gasteiger partial charge in [-0.2, -0.15) is 0 Å². The van der Waals surface area contributed by atoms with Gasteiger partial charge in [-0.1, -0.05) is 20.8 Å². The highest BCUT2D eigenvalue weighted by molar-refractivity contribution is 4.78. The molecule has 0 saturated carbocycles. The Balaban J connectivity index is 2.82. The van der Waals surface area contributed by atoms with E-state index < -0.39 is 0 Å². The molecule has 0 spiro atoms. The van der Waals surface area contributed by atoms with E-state index in [4.69, 9.17) is 0 Å². The molecular formula is C12H26N+. The Morgan fingerprint density at radius 2 is 1.62 bits per heavy atom. The maximum Gasteiger partial charge on any atom is 0.0888 e. The van der Waals surface area contributed by atoms with Gasteiger partial charge >= 0.3 is 0 Å². The number of nitrogens with zero attached hydrogens (tertiary/aromatic N) is 1. The van der Waals surface area contributed by atoms with Crippen LogP contribution in [0.3, 0.4) is 0 Å². The number of quaternary nitrogens is 1. The van der Waals surface area contributed by atoms with Gasteiger partial charge in [-0.3, -0.25) is 0 Å². The first-order valence-electron chi connectivity index (χ1n) is 5.76. The summed E-state index contributed by atoms with van der Waals surface area (Å²) in [5.41, 5.74) is 0. The van der Waals surface area contributed by atoms with Crippen molar-refractivity contribution >= 4 is 0 Å². The third-order valence-corrected chi connectivity index (χ3v) is 4.90. The molecule has 1 saturated heterocycles. The van der Waals surface area contributed by atoms with Crippen molar-refractivity contribution < 1.29 is 4.48 Å². The van der Waals surface area contributed by atoms with Crippen LogP contribution in [0.4, 0.5) is 0 Å². The van der Waals surface area contributed by atoms with Crippen molar-refractivity contribution in [3.05, 3.63) is 0 Å². The van der Waals surface area contributed by atoms with E-state index in [0.29, 0.717) is 0 Å². The van der Waals surface area contributed by atoms with Gasteiger partial charge in [0.25, 0.3) is 0 Å². The molecule has 0 aromatic heterocycles. The van der Waals surface area contributed by atoms with Crippen molar-refractivity contribution in [3.63, 3.8) is 0 Å². The van der Waals surface area contributed by atoms with E-state index in [9.17, 15) is 0 Å². The fourth-order valence-electron chi connectivity index (χ4n) is 2.93. The largest absolute Gasteiger partial charge is 0.324 e. The van der Waals surface area contributed by atoms with E-state index in [1.807, 2.05) is 0 Å². The van der Waals surface area contributed by atoms with Gasteiger partial charge in [0.15, 0.2) is 0 Å². The number of hydrogen-bond donors (Lipinski definition) is 0. The van der Waals surface area contributed by atoms with Crippen molar-refractivity contribution in [2.75, 3.05) is 20.1 Å². The fourth-order valence-corrected chi connectivity index (χ4v) is 2.93. The van der Waals surface area contributed by atoms with Crippen LogP contribution in [-0.2, 0) is 0 Å². The zero-order chi connectivity index (χ0) is 10.2. The van der Waals surface area contributed by atoms with E-state index >= 15 is 0 Å². The first kappa shape index (κ1) is 11.0. The molecule has 1 aliphatic heterocycles. The van der Waals surface area contributed by atoms with E-state index in [0.717, 1.165) is 23.8 Å². The highest BCUT2D eigenvalue weighted by Gasteiger charge is 2.42. The Bertz CT molecular complexity index is 178. The van der Waals surface area contributed by atoms with E-state index in [1.165, 1.54) is 17.6 Å². The van der Waals surface area contributed by atoms with Crippen LogP contribution in [0.15, 0.2) is 0 Å². The van der Waals surface area contributed by atoms with E-state index in [2.05, 4.69) is 41.7 Å². The van der Waals surface area contributed by atoms with Crippen LogP contribution in [0, 0.1) is 17.8 Å². The van der Waals surface area contributed by atoms with Gasteiger partial charge in [0.05, 0.1) is 26.2 Å². The molecule has 5 unspecified atom stereocenters. The standard InChI is InChI=1S/C12H26N/c1-7-13(6)8-9(2)10(3)11(4)12(13)5/h9-12H,7-8H2,1-6H3/q+1. The van der Waals surface area contributed by atoms with Gasteiger partial charge in [-0.05, 0) is 19.8 Å². The second kappa shape index (κ2) is 3.61. The lowest BCUT2D eigenvalue weighted by Gasteiger charge is -2.51. The highest BCUT2D eigenvalue weighted by Crippen LogP contribution is 2.35. The van der Waals surface area contributed by atoms with Gasteiger partial charge in [0.2, 0.25) is 0 Å². The van der Waals surface area contributed by atoms with Gasteiger partial charge in [0.1, 0.15) is 0 Å². The smallest absolute Gasteiger partial charge is 0.0888 e. The van der Waals surface area contributed by atoms with E-state index in [-0.39, 0.29) is 0 Å². The summed E-state index contributed by atoms with van der Waals surface area (Å²) in [5, 5.41) is 0. The van der Waals surface area contributed by atoms with Gasteiger partial charge in [-0.25, -0.2) is 0 Å². The third kappa shape index (κ3) is 1.76. The van der Waals surface area contributed by atoms with Gasteiger partial charge in [-0.15, -0.1) is 0 Å². The molecule has 1 aliphatic rings. The molecule has 0 bridgehead atoms. The van der Waals surface area contributed by atoms with Crippen LogP contribution in [0.2, 0.25) is 0 Å². The maximum atomic E-state index is 2.43. The molecule has 1 rings (SSSR count). The van der Waals surface area contributed by atoms with Crippen molar-refractivity contribution in [1.29, 1.82) is 0 Å². The second-order valence-corrected chi connectivity index (χ2v) is 5.41. The number of likely N-dealkylation sites (tertiary alicyclic amines) is 1. The van der Waals surface area contributed by atoms with Gasteiger partial charge < -0.3 is 4.48 Å². The van der Waals surface area contributed by atoms with Crippen molar-refractivity contribution in [2.45, 2.75) is 40.7 Å². The molecule has 13 heavy (non-hydrogen) atoms. The zero-order valence-electron chi connectivity index (χ0n) is 10.2. The average molecular weight is 184 g/mol. The minimum atomic E-state index is 0.830. The Kier molecular flexibility index (Phi) is 3.06. The second-order valence-electron chi connectivity index (χ2n) is 5.41. The molecule has 0 aliphatic carbocycles. The molecule has 0 aromatic rings. The summed E-state index contributed by atoms with van der Waals surface area (Å²) in [6.07, 6.45) is 0. The minimum Gasteiger partial charge on any atom is -0.324 e. The maximum absolute atomic E-state index is 2.43. The molecule has 0 amide bonds. The minimum absolute atomic E-state index is 0.830. The molecule has 0 aromatic carbocycles. The Hall–Kier alpha value is -0.0400. The lowest BCUT2D eigenvalue weighted by atomic mass is 9.75. The number of piperidine rings is 1. The normalized spacial score (nSPS) is 52.2. The Labute approximate surface area is 83.7 Å². The fraction of sp³-hybridized carbons (Fsp3) is 1.00. The summed E-state index contributed by atoms with van der Waals surface area (Å²) in [7, 11) is 2.42. The highest BCUT2D eigenvalue weighted by atomic mass is 15.4.